The average Bonchev–Trinajstić information content (AvgIpc) is 2.78. The predicted molar refractivity (Wildman–Crippen MR) is 75.7 cm³/mol. The smallest absolute Gasteiger partial charge is 0.0798 e. The van der Waals surface area contributed by atoms with Crippen LogP contribution in [0, 0.1) is 18.3 Å². The van der Waals surface area contributed by atoms with Crippen molar-refractivity contribution >= 4 is 11.3 Å². The van der Waals surface area contributed by atoms with Crippen molar-refractivity contribution in [3.05, 3.63) is 16.1 Å². The SMILES string of the molecule is Cc1ncsc1CN(C)CC1CCC(C)(C)C1O. The van der Waals surface area contributed by atoms with Gasteiger partial charge in [0, 0.05) is 18.0 Å². The largest absolute Gasteiger partial charge is 0.392 e. The lowest BCUT2D eigenvalue weighted by molar-refractivity contribution is 0.0349. The molecule has 1 saturated carbocycles. The fraction of sp³-hybridized carbons (Fsp3) is 0.786. The summed E-state index contributed by atoms with van der Waals surface area (Å²) >= 11 is 1.72. The first-order valence-electron chi connectivity index (χ1n) is 6.66. The number of rotatable bonds is 4. The third-order valence-corrected chi connectivity index (χ3v) is 5.13. The molecular weight excluding hydrogens is 244 g/mol. The van der Waals surface area contributed by atoms with Gasteiger partial charge in [-0.2, -0.15) is 0 Å². The van der Waals surface area contributed by atoms with Crippen LogP contribution >= 0.6 is 11.3 Å². The Morgan fingerprint density at radius 3 is 2.78 bits per heavy atom. The van der Waals surface area contributed by atoms with E-state index in [1.807, 2.05) is 5.51 Å². The van der Waals surface area contributed by atoms with E-state index in [2.05, 4.69) is 37.7 Å². The van der Waals surface area contributed by atoms with E-state index in [0.717, 1.165) is 31.6 Å². The number of aromatic nitrogens is 1. The van der Waals surface area contributed by atoms with Gasteiger partial charge in [0.05, 0.1) is 17.3 Å². The molecule has 18 heavy (non-hydrogen) atoms. The Balaban J connectivity index is 1.89. The van der Waals surface area contributed by atoms with E-state index in [9.17, 15) is 5.11 Å². The van der Waals surface area contributed by atoms with Crippen LogP contribution in [0.1, 0.15) is 37.3 Å². The highest BCUT2D eigenvalue weighted by atomic mass is 32.1. The monoisotopic (exact) mass is 268 g/mol. The third kappa shape index (κ3) is 2.92. The van der Waals surface area contributed by atoms with Crippen molar-refractivity contribution in [2.75, 3.05) is 13.6 Å². The van der Waals surface area contributed by atoms with Crippen LogP contribution in [-0.4, -0.2) is 34.7 Å². The van der Waals surface area contributed by atoms with Crippen LogP contribution in [0.3, 0.4) is 0 Å². The maximum atomic E-state index is 10.3. The van der Waals surface area contributed by atoms with Crippen LogP contribution in [0.4, 0.5) is 0 Å². The Morgan fingerprint density at radius 2 is 2.28 bits per heavy atom. The van der Waals surface area contributed by atoms with E-state index in [1.165, 1.54) is 4.88 Å². The van der Waals surface area contributed by atoms with Crippen molar-refractivity contribution in [2.45, 2.75) is 46.3 Å². The molecule has 3 nitrogen and oxygen atoms in total. The lowest BCUT2D eigenvalue weighted by Crippen LogP contribution is -2.34. The van der Waals surface area contributed by atoms with Gasteiger partial charge in [-0.3, -0.25) is 0 Å². The Bertz CT molecular complexity index is 402. The van der Waals surface area contributed by atoms with Crippen molar-refractivity contribution in [1.29, 1.82) is 0 Å². The van der Waals surface area contributed by atoms with Crippen molar-refractivity contribution in [1.82, 2.24) is 9.88 Å². The minimum absolute atomic E-state index is 0.0892. The molecule has 1 aromatic heterocycles. The molecule has 1 aliphatic carbocycles. The minimum atomic E-state index is -0.164. The summed E-state index contributed by atoms with van der Waals surface area (Å²) in [6.07, 6.45) is 2.11. The standard InChI is InChI=1S/C14H24N2OS/c1-10-12(18-9-15-10)8-16(4)7-11-5-6-14(2,3)13(11)17/h9,11,13,17H,5-8H2,1-4H3. The van der Waals surface area contributed by atoms with Crippen LogP contribution in [0.5, 0.6) is 0 Å². The molecule has 2 rings (SSSR count). The molecule has 2 unspecified atom stereocenters. The lowest BCUT2D eigenvalue weighted by Gasteiger charge is -2.28. The second kappa shape index (κ2) is 5.27. The highest BCUT2D eigenvalue weighted by Gasteiger charge is 2.40. The van der Waals surface area contributed by atoms with E-state index in [1.54, 1.807) is 11.3 Å². The maximum absolute atomic E-state index is 10.3. The molecule has 1 heterocycles. The molecule has 1 N–H and O–H groups in total. The Hall–Kier alpha value is -0.450. The quantitative estimate of drug-likeness (QED) is 0.912. The highest BCUT2D eigenvalue weighted by molar-refractivity contribution is 7.09. The molecule has 1 fully saturated rings. The van der Waals surface area contributed by atoms with Crippen LogP contribution in [0.25, 0.3) is 0 Å². The molecule has 0 bridgehead atoms. The van der Waals surface area contributed by atoms with E-state index in [-0.39, 0.29) is 11.5 Å². The van der Waals surface area contributed by atoms with Crippen molar-refractivity contribution in [3.63, 3.8) is 0 Å². The average molecular weight is 268 g/mol. The first kappa shape index (κ1) is 14.0. The maximum Gasteiger partial charge on any atom is 0.0798 e. The van der Waals surface area contributed by atoms with Gasteiger partial charge in [-0.05, 0) is 38.1 Å². The lowest BCUT2D eigenvalue weighted by atomic mass is 9.87. The summed E-state index contributed by atoms with van der Waals surface area (Å²) in [4.78, 5) is 7.93. The zero-order valence-electron chi connectivity index (χ0n) is 11.8. The normalized spacial score (nSPS) is 27.0. The van der Waals surface area contributed by atoms with Gasteiger partial charge in [-0.15, -0.1) is 11.3 Å². The fourth-order valence-electron chi connectivity index (χ4n) is 2.88. The number of hydrogen-bond donors (Lipinski definition) is 1. The van der Waals surface area contributed by atoms with Crippen LogP contribution in [0.15, 0.2) is 5.51 Å². The molecule has 0 aliphatic heterocycles. The minimum Gasteiger partial charge on any atom is -0.392 e. The van der Waals surface area contributed by atoms with E-state index >= 15 is 0 Å². The van der Waals surface area contributed by atoms with Gasteiger partial charge in [0.15, 0.2) is 0 Å². The van der Waals surface area contributed by atoms with Crippen LogP contribution < -0.4 is 0 Å². The first-order valence-corrected chi connectivity index (χ1v) is 7.53. The predicted octanol–water partition coefficient (Wildman–Crippen LogP) is 2.68. The third-order valence-electron chi connectivity index (χ3n) is 4.21. The van der Waals surface area contributed by atoms with Crippen molar-refractivity contribution in [2.24, 2.45) is 11.3 Å². The van der Waals surface area contributed by atoms with Gasteiger partial charge < -0.3 is 10.0 Å². The Labute approximate surface area is 114 Å². The summed E-state index contributed by atoms with van der Waals surface area (Å²) in [6.45, 7) is 8.32. The number of hydrogen-bond acceptors (Lipinski definition) is 4. The van der Waals surface area contributed by atoms with E-state index in [4.69, 9.17) is 0 Å². The van der Waals surface area contributed by atoms with Gasteiger partial charge in [-0.1, -0.05) is 13.8 Å². The molecule has 0 aromatic carbocycles. The summed E-state index contributed by atoms with van der Waals surface area (Å²) in [6, 6.07) is 0. The molecule has 0 radical (unpaired) electrons. The topological polar surface area (TPSA) is 36.4 Å². The number of aliphatic hydroxyl groups excluding tert-OH is 1. The van der Waals surface area contributed by atoms with Crippen molar-refractivity contribution < 1.29 is 5.11 Å². The molecular formula is C14H24N2OS. The summed E-state index contributed by atoms with van der Waals surface area (Å²) in [7, 11) is 2.14. The second-order valence-corrected chi connectivity index (χ2v) is 7.23. The fourth-order valence-corrected chi connectivity index (χ4v) is 3.74. The van der Waals surface area contributed by atoms with E-state index in [0.29, 0.717) is 5.92 Å². The first-order chi connectivity index (χ1) is 8.40. The summed E-state index contributed by atoms with van der Waals surface area (Å²) in [5.74, 6) is 0.415. The number of nitrogens with zero attached hydrogens (tertiary/aromatic N) is 2. The zero-order valence-corrected chi connectivity index (χ0v) is 12.6. The van der Waals surface area contributed by atoms with Gasteiger partial charge >= 0.3 is 0 Å². The number of thiazole rings is 1. The Morgan fingerprint density at radius 1 is 1.56 bits per heavy atom. The highest BCUT2D eigenvalue weighted by Crippen LogP contribution is 2.41. The van der Waals surface area contributed by atoms with Crippen LogP contribution in [-0.2, 0) is 6.54 Å². The molecule has 0 spiro atoms. The number of aryl methyl sites for hydroxylation is 1. The molecule has 102 valence electrons. The van der Waals surface area contributed by atoms with Gasteiger partial charge in [0.2, 0.25) is 0 Å². The molecule has 1 aliphatic rings. The zero-order chi connectivity index (χ0) is 13.3. The molecule has 1 aromatic rings. The van der Waals surface area contributed by atoms with Gasteiger partial charge in [-0.25, -0.2) is 4.98 Å². The van der Waals surface area contributed by atoms with Gasteiger partial charge in [0.1, 0.15) is 0 Å². The van der Waals surface area contributed by atoms with Gasteiger partial charge in [0.25, 0.3) is 0 Å². The molecule has 2 atom stereocenters. The Kier molecular flexibility index (Phi) is 4.09. The van der Waals surface area contributed by atoms with Crippen molar-refractivity contribution in [3.8, 4) is 0 Å². The summed E-state index contributed by atoms with van der Waals surface area (Å²) in [5, 5.41) is 10.3. The number of aliphatic hydroxyl groups is 1. The molecule has 0 saturated heterocycles. The van der Waals surface area contributed by atoms with Crippen LogP contribution in [0.2, 0.25) is 0 Å². The summed E-state index contributed by atoms with van der Waals surface area (Å²) < 4.78 is 0. The summed E-state index contributed by atoms with van der Waals surface area (Å²) in [5.41, 5.74) is 3.14. The van der Waals surface area contributed by atoms with E-state index < -0.39 is 0 Å². The molecule has 0 amide bonds. The molecule has 4 heteroatoms. The second-order valence-electron chi connectivity index (χ2n) is 6.29.